The molecule has 1 aliphatic carbocycles. The van der Waals surface area contributed by atoms with Crippen molar-refractivity contribution in [3.8, 4) is 0 Å². The second-order valence-corrected chi connectivity index (χ2v) is 10.1. The van der Waals surface area contributed by atoms with Gasteiger partial charge < -0.3 is 28.6 Å². The Morgan fingerprint density at radius 1 is 1.00 bits per heavy atom. The smallest absolute Gasteiger partial charge is 0.410 e. The van der Waals surface area contributed by atoms with Crippen LogP contribution >= 0.6 is 0 Å². The number of esters is 1. The number of methoxy groups -OCH3 is 1. The summed E-state index contributed by atoms with van der Waals surface area (Å²) in [6.07, 6.45) is 3.39. The Morgan fingerprint density at radius 3 is 2.35 bits per heavy atom. The zero-order valence-corrected chi connectivity index (χ0v) is 20.9. The number of likely N-dealkylation sites (tertiary alicyclic amines) is 1. The molecular weight excluding hydrogens is 438 g/mol. The van der Waals surface area contributed by atoms with E-state index >= 15 is 0 Å². The molecule has 1 aromatic rings. The van der Waals surface area contributed by atoms with E-state index in [9.17, 15) is 9.59 Å². The number of nitrogens with zero attached hydrogens (tertiary/aromatic N) is 1. The summed E-state index contributed by atoms with van der Waals surface area (Å²) in [4.78, 5) is 26.3. The Labute approximate surface area is 202 Å². The predicted octanol–water partition coefficient (Wildman–Crippen LogP) is 4.30. The maximum absolute atomic E-state index is 12.8. The first kappa shape index (κ1) is 26.4. The SMILES string of the molecule is COC(=O)C1CCC(OC[C@@H]2C[C@H](OCOCc3ccccc3)CN2C(=O)OC(C)(C)C)CC1. The van der Waals surface area contributed by atoms with E-state index in [0.29, 0.717) is 26.2 Å². The van der Waals surface area contributed by atoms with Crippen LogP contribution in [0.2, 0.25) is 0 Å². The lowest BCUT2D eigenvalue weighted by molar-refractivity contribution is -0.147. The van der Waals surface area contributed by atoms with Crippen molar-refractivity contribution in [1.29, 1.82) is 0 Å². The van der Waals surface area contributed by atoms with Crippen LogP contribution < -0.4 is 0 Å². The molecule has 1 saturated heterocycles. The van der Waals surface area contributed by atoms with Crippen LogP contribution in [0.4, 0.5) is 4.79 Å². The van der Waals surface area contributed by atoms with Gasteiger partial charge >= 0.3 is 12.1 Å². The zero-order valence-electron chi connectivity index (χ0n) is 20.9. The number of benzene rings is 1. The van der Waals surface area contributed by atoms with Crippen molar-refractivity contribution in [2.75, 3.05) is 27.1 Å². The Kier molecular flexibility index (Phi) is 9.74. The summed E-state index contributed by atoms with van der Waals surface area (Å²) >= 11 is 0. The highest BCUT2D eigenvalue weighted by atomic mass is 16.7. The van der Waals surface area contributed by atoms with Crippen LogP contribution in [0.1, 0.15) is 58.4 Å². The second-order valence-electron chi connectivity index (χ2n) is 10.1. The van der Waals surface area contributed by atoms with Crippen LogP contribution in [0.25, 0.3) is 0 Å². The number of carbonyl (C=O) groups is 2. The second kappa shape index (κ2) is 12.5. The largest absolute Gasteiger partial charge is 0.469 e. The quantitative estimate of drug-likeness (QED) is 0.298. The molecule has 1 aliphatic heterocycles. The molecule has 1 aromatic carbocycles. The Bertz CT molecular complexity index is 771. The number of amides is 1. The van der Waals surface area contributed by atoms with E-state index in [1.807, 2.05) is 51.1 Å². The summed E-state index contributed by atoms with van der Waals surface area (Å²) in [5.41, 5.74) is 0.507. The molecule has 34 heavy (non-hydrogen) atoms. The number of hydrogen-bond acceptors (Lipinski definition) is 7. The van der Waals surface area contributed by atoms with Crippen LogP contribution in [-0.4, -0.2) is 67.9 Å². The summed E-state index contributed by atoms with van der Waals surface area (Å²) in [5, 5.41) is 0. The first-order valence-electron chi connectivity index (χ1n) is 12.2. The molecule has 1 saturated carbocycles. The minimum Gasteiger partial charge on any atom is -0.469 e. The van der Waals surface area contributed by atoms with Gasteiger partial charge in [-0.3, -0.25) is 4.79 Å². The molecule has 2 fully saturated rings. The molecule has 0 bridgehead atoms. The predicted molar refractivity (Wildman–Crippen MR) is 126 cm³/mol. The minimum atomic E-state index is -0.577. The van der Waals surface area contributed by atoms with E-state index in [-0.39, 0.29) is 43.0 Å². The minimum absolute atomic E-state index is 0.0386. The van der Waals surface area contributed by atoms with Crippen molar-refractivity contribution in [3.05, 3.63) is 35.9 Å². The lowest BCUT2D eigenvalue weighted by Gasteiger charge is -2.31. The topological polar surface area (TPSA) is 83.5 Å². The molecule has 0 spiro atoms. The molecule has 0 aromatic heterocycles. The molecule has 1 heterocycles. The summed E-state index contributed by atoms with van der Waals surface area (Å²) in [7, 11) is 1.43. The van der Waals surface area contributed by atoms with E-state index in [1.54, 1.807) is 4.90 Å². The summed E-state index contributed by atoms with van der Waals surface area (Å²) in [6.45, 7) is 7.06. The Morgan fingerprint density at radius 2 is 1.71 bits per heavy atom. The highest BCUT2D eigenvalue weighted by Crippen LogP contribution is 2.29. The van der Waals surface area contributed by atoms with E-state index < -0.39 is 5.60 Å². The van der Waals surface area contributed by atoms with Crippen molar-refractivity contribution < 1.29 is 33.3 Å². The van der Waals surface area contributed by atoms with Gasteiger partial charge in [-0.2, -0.15) is 0 Å². The van der Waals surface area contributed by atoms with E-state index in [1.165, 1.54) is 7.11 Å². The fraction of sp³-hybridized carbons (Fsp3) is 0.692. The van der Waals surface area contributed by atoms with Gasteiger partial charge in [0, 0.05) is 0 Å². The third kappa shape index (κ3) is 8.25. The summed E-state index contributed by atoms with van der Waals surface area (Å²) in [6, 6.07) is 9.80. The van der Waals surface area contributed by atoms with Gasteiger partial charge in [0.2, 0.25) is 0 Å². The highest BCUT2D eigenvalue weighted by Gasteiger charge is 2.39. The molecule has 8 nitrogen and oxygen atoms in total. The first-order chi connectivity index (χ1) is 16.2. The van der Waals surface area contributed by atoms with Crippen molar-refractivity contribution in [3.63, 3.8) is 0 Å². The van der Waals surface area contributed by atoms with Crippen LogP contribution in [0.15, 0.2) is 30.3 Å². The van der Waals surface area contributed by atoms with Gasteiger partial charge in [0.25, 0.3) is 0 Å². The fourth-order valence-electron chi connectivity index (χ4n) is 4.45. The van der Waals surface area contributed by atoms with Crippen LogP contribution in [-0.2, 0) is 35.1 Å². The van der Waals surface area contributed by atoms with E-state index in [0.717, 1.165) is 31.2 Å². The average Bonchev–Trinajstić information content (AvgIpc) is 3.23. The monoisotopic (exact) mass is 477 g/mol. The third-order valence-corrected chi connectivity index (χ3v) is 6.24. The molecule has 3 rings (SSSR count). The van der Waals surface area contributed by atoms with Gasteiger partial charge in [-0.1, -0.05) is 30.3 Å². The fourth-order valence-corrected chi connectivity index (χ4v) is 4.45. The summed E-state index contributed by atoms with van der Waals surface area (Å²) < 4.78 is 28.3. The van der Waals surface area contributed by atoms with Gasteiger partial charge in [0.05, 0.1) is 51.0 Å². The number of hydrogen-bond donors (Lipinski definition) is 0. The summed E-state index contributed by atoms with van der Waals surface area (Å²) in [5.74, 6) is -0.178. The lowest BCUT2D eigenvalue weighted by atomic mass is 9.87. The van der Waals surface area contributed by atoms with Gasteiger partial charge in [-0.05, 0) is 58.4 Å². The van der Waals surface area contributed by atoms with E-state index in [4.69, 9.17) is 23.7 Å². The molecule has 2 atom stereocenters. The van der Waals surface area contributed by atoms with Gasteiger partial charge in [-0.15, -0.1) is 0 Å². The molecule has 0 N–H and O–H groups in total. The molecule has 1 amide bonds. The van der Waals surface area contributed by atoms with Crippen molar-refractivity contribution >= 4 is 12.1 Å². The van der Waals surface area contributed by atoms with Gasteiger partial charge in [-0.25, -0.2) is 4.79 Å². The Hall–Kier alpha value is -2.16. The Balaban J connectivity index is 1.48. The van der Waals surface area contributed by atoms with Gasteiger partial charge in [0.1, 0.15) is 12.4 Å². The first-order valence-corrected chi connectivity index (χ1v) is 12.2. The highest BCUT2D eigenvalue weighted by molar-refractivity contribution is 5.72. The van der Waals surface area contributed by atoms with Crippen LogP contribution in [0, 0.1) is 5.92 Å². The average molecular weight is 478 g/mol. The normalized spacial score (nSPS) is 25.2. The van der Waals surface area contributed by atoms with Crippen LogP contribution in [0.3, 0.4) is 0 Å². The van der Waals surface area contributed by atoms with Crippen molar-refractivity contribution in [2.24, 2.45) is 5.92 Å². The molecule has 190 valence electrons. The zero-order chi connectivity index (χ0) is 24.6. The molecule has 0 radical (unpaired) electrons. The number of rotatable bonds is 9. The number of ether oxygens (including phenoxy) is 5. The lowest BCUT2D eigenvalue weighted by Crippen LogP contribution is -2.42. The maximum atomic E-state index is 12.8. The molecular formula is C26H39NO7. The van der Waals surface area contributed by atoms with Gasteiger partial charge in [0.15, 0.2) is 0 Å². The van der Waals surface area contributed by atoms with Crippen molar-refractivity contribution in [1.82, 2.24) is 4.90 Å². The molecule has 0 unspecified atom stereocenters. The van der Waals surface area contributed by atoms with Crippen LogP contribution in [0.5, 0.6) is 0 Å². The standard InChI is InChI=1S/C26H39NO7/c1-26(2,3)34-25(29)27-15-23(33-18-31-16-19-8-6-5-7-9-19)14-21(27)17-32-22-12-10-20(11-13-22)24(28)30-4/h5-9,20-23H,10-18H2,1-4H3/t20?,21-,22?,23-/m0/s1. The molecule has 2 aliphatic rings. The van der Waals surface area contributed by atoms with E-state index in [2.05, 4.69) is 0 Å². The number of carbonyl (C=O) groups excluding carboxylic acids is 2. The third-order valence-electron chi connectivity index (χ3n) is 6.24. The maximum Gasteiger partial charge on any atom is 0.410 e. The van der Waals surface area contributed by atoms with Crippen molar-refractivity contribution in [2.45, 2.75) is 83.3 Å². The molecule has 8 heteroatoms.